The molecule has 0 spiro atoms. The van der Waals surface area contributed by atoms with Gasteiger partial charge in [0, 0.05) is 24.7 Å². The highest BCUT2D eigenvalue weighted by Gasteiger charge is 2.10. The fourth-order valence-corrected chi connectivity index (χ4v) is 3.15. The Morgan fingerprint density at radius 1 is 1.32 bits per heavy atom. The van der Waals surface area contributed by atoms with E-state index in [1.165, 1.54) is 17.3 Å². The molecule has 0 saturated heterocycles. The van der Waals surface area contributed by atoms with Crippen molar-refractivity contribution in [3.05, 3.63) is 46.3 Å². The number of rotatable bonds is 6. The molecular formula is C15H19N5OS. The maximum atomic E-state index is 11.7. The van der Waals surface area contributed by atoms with Crippen molar-refractivity contribution >= 4 is 17.4 Å². The minimum absolute atomic E-state index is 0.137. The van der Waals surface area contributed by atoms with E-state index >= 15 is 0 Å². The lowest BCUT2D eigenvalue weighted by molar-refractivity contribution is 0.573. The number of fused-ring (bicyclic) bond motifs is 1. The number of hydrogen-bond donors (Lipinski definition) is 1. The molecule has 0 aliphatic rings. The summed E-state index contributed by atoms with van der Waals surface area (Å²) >= 11 is 1.54. The fourth-order valence-electron chi connectivity index (χ4n) is 2.29. The Balaban J connectivity index is 1.75. The predicted octanol–water partition coefficient (Wildman–Crippen LogP) is 2.62. The highest BCUT2D eigenvalue weighted by atomic mass is 32.2. The summed E-state index contributed by atoms with van der Waals surface area (Å²) in [5.74, 6) is 0.692. The van der Waals surface area contributed by atoms with Gasteiger partial charge in [-0.15, -0.1) is 5.10 Å². The minimum atomic E-state index is -0.137. The molecule has 1 N–H and O–H groups in total. The van der Waals surface area contributed by atoms with Gasteiger partial charge >= 0.3 is 5.69 Å². The van der Waals surface area contributed by atoms with E-state index < -0.39 is 0 Å². The largest absolute Gasteiger partial charge is 0.343 e. The van der Waals surface area contributed by atoms with Gasteiger partial charge in [0.15, 0.2) is 5.16 Å². The lowest BCUT2D eigenvalue weighted by Crippen LogP contribution is -2.17. The van der Waals surface area contributed by atoms with Crippen LogP contribution >= 0.6 is 11.8 Å². The molecule has 3 heterocycles. The molecule has 0 aromatic carbocycles. The van der Waals surface area contributed by atoms with Crippen molar-refractivity contribution < 1.29 is 0 Å². The normalized spacial score (nSPS) is 11.4. The molecule has 7 heteroatoms. The third kappa shape index (κ3) is 3.09. The van der Waals surface area contributed by atoms with Gasteiger partial charge in [-0.1, -0.05) is 31.2 Å². The van der Waals surface area contributed by atoms with Crippen LogP contribution in [-0.2, 0) is 12.3 Å². The molecule has 3 aromatic rings. The first-order valence-corrected chi connectivity index (χ1v) is 8.38. The zero-order valence-electron chi connectivity index (χ0n) is 12.7. The second-order valence-electron chi connectivity index (χ2n) is 5.31. The van der Waals surface area contributed by atoms with Crippen LogP contribution in [0.4, 0.5) is 0 Å². The van der Waals surface area contributed by atoms with E-state index in [9.17, 15) is 4.79 Å². The quantitative estimate of drug-likeness (QED) is 0.710. The topological polar surface area (TPSA) is 68.0 Å². The van der Waals surface area contributed by atoms with Crippen molar-refractivity contribution in [3.63, 3.8) is 0 Å². The summed E-state index contributed by atoms with van der Waals surface area (Å²) in [6, 6.07) is 4.06. The molecule has 0 bridgehead atoms. The molecule has 3 aromatic heterocycles. The smallest absolute Gasteiger partial charge is 0.307 e. The molecule has 0 aliphatic heterocycles. The molecule has 0 saturated carbocycles. The van der Waals surface area contributed by atoms with E-state index in [0.717, 1.165) is 29.3 Å². The van der Waals surface area contributed by atoms with E-state index in [-0.39, 0.29) is 5.69 Å². The summed E-state index contributed by atoms with van der Waals surface area (Å²) in [5, 5.41) is 7.36. The van der Waals surface area contributed by atoms with E-state index in [2.05, 4.69) is 41.3 Å². The number of thioether (sulfide) groups is 1. The molecule has 0 amide bonds. The molecule has 116 valence electrons. The van der Waals surface area contributed by atoms with Crippen molar-refractivity contribution in [2.45, 2.75) is 44.1 Å². The maximum Gasteiger partial charge on any atom is 0.343 e. The predicted molar refractivity (Wildman–Crippen MR) is 87.2 cm³/mol. The van der Waals surface area contributed by atoms with Crippen LogP contribution in [0, 0.1) is 6.92 Å². The van der Waals surface area contributed by atoms with E-state index in [1.807, 2.05) is 16.7 Å². The van der Waals surface area contributed by atoms with Crippen LogP contribution in [0.3, 0.4) is 0 Å². The summed E-state index contributed by atoms with van der Waals surface area (Å²) in [5.41, 5.74) is 2.98. The van der Waals surface area contributed by atoms with Crippen LogP contribution in [0.2, 0.25) is 0 Å². The number of pyridine rings is 1. The Bertz CT molecular complexity index is 832. The lowest BCUT2D eigenvalue weighted by Gasteiger charge is -2.02. The first-order chi connectivity index (χ1) is 10.7. The van der Waals surface area contributed by atoms with Crippen molar-refractivity contribution in [1.82, 2.24) is 24.1 Å². The van der Waals surface area contributed by atoms with Crippen LogP contribution < -0.4 is 5.69 Å². The molecule has 0 atom stereocenters. The van der Waals surface area contributed by atoms with Crippen LogP contribution in [0.1, 0.15) is 31.0 Å². The number of H-pyrrole nitrogens is 1. The SMILES string of the molecule is CCCCn1c(SCc2cn3cc(C)ccc3n2)n[nH]c1=O. The number of aromatic nitrogens is 5. The minimum Gasteiger partial charge on any atom is -0.307 e. The fraction of sp³-hybridized carbons (Fsp3) is 0.400. The van der Waals surface area contributed by atoms with Gasteiger partial charge in [0.05, 0.1) is 5.69 Å². The van der Waals surface area contributed by atoms with Crippen LogP contribution in [-0.4, -0.2) is 24.1 Å². The number of aromatic amines is 1. The lowest BCUT2D eigenvalue weighted by atomic mass is 10.3. The highest BCUT2D eigenvalue weighted by molar-refractivity contribution is 7.98. The number of imidazole rings is 1. The Morgan fingerprint density at radius 3 is 3.00 bits per heavy atom. The van der Waals surface area contributed by atoms with Gasteiger partial charge < -0.3 is 4.40 Å². The number of nitrogens with zero attached hydrogens (tertiary/aromatic N) is 4. The summed E-state index contributed by atoms with van der Waals surface area (Å²) in [4.78, 5) is 16.3. The third-order valence-corrected chi connectivity index (χ3v) is 4.47. The molecule has 3 rings (SSSR count). The molecule has 0 unspecified atom stereocenters. The number of unbranched alkanes of at least 4 members (excludes halogenated alkanes) is 1. The average molecular weight is 317 g/mol. The summed E-state index contributed by atoms with van der Waals surface area (Å²) < 4.78 is 3.73. The number of nitrogens with one attached hydrogen (secondary N) is 1. The Labute approximate surface area is 132 Å². The maximum absolute atomic E-state index is 11.7. The monoisotopic (exact) mass is 317 g/mol. The molecule has 0 fully saturated rings. The molecule has 0 aliphatic carbocycles. The van der Waals surface area contributed by atoms with E-state index in [4.69, 9.17) is 0 Å². The highest BCUT2D eigenvalue weighted by Crippen LogP contribution is 2.20. The van der Waals surface area contributed by atoms with Gasteiger partial charge in [0.2, 0.25) is 0 Å². The van der Waals surface area contributed by atoms with Gasteiger partial charge in [-0.25, -0.2) is 14.9 Å². The first-order valence-electron chi connectivity index (χ1n) is 7.39. The van der Waals surface area contributed by atoms with Crippen molar-refractivity contribution in [2.75, 3.05) is 0 Å². The molecule has 6 nitrogen and oxygen atoms in total. The number of hydrogen-bond acceptors (Lipinski definition) is 4. The zero-order chi connectivity index (χ0) is 15.5. The standard InChI is InChI=1S/C15H19N5OS/c1-3-4-7-20-14(21)17-18-15(20)22-10-12-9-19-8-11(2)5-6-13(19)16-12/h5-6,8-9H,3-4,7,10H2,1-2H3,(H,17,21). The summed E-state index contributed by atoms with van der Waals surface area (Å²) in [6.45, 7) is 4.87. The van der Waals surface area contributed by atoms with Crippen LogP contribution in [0.15, 0.2) is 34.5 Å². The van der Waals surface area contributed by atoms with E-state index in [0.29, 0.717) is 12.3 Å². The first kappa shape index (κ1) is 14.9. The zero-order valence-corrected chi connectivity index (χ0v) is 13.6. The molecule has 22 heavy (non-hydrogen) atoms. The van der Waals surface area contributed by atoms with Gasteiger partial charge in [-0.05, 0) is 25.0 Å². The van der Waals surface area contributed by atoms with Gasteiger partial charge in [-0.3, -0.25) is 4.57 Å². The summed E-state index contributed by atoms with van der Waals surface area (Å²) in [6.07, 6.45) is 6.10. The van der Waals surface area contributed by atoms with Crippen LogP contribution in [0.25, 0.3) is 5.65 Å². The second-order valence-corrected chi connectivity index (χ2v) is 6.25. The Kier molecular flexibility index (Phi) is 4.33. The van der Waals surface area contributed by atoms with E-state index in [1.54, 1.807) is 4.57 Å². The van der Waals surface area contributed by atoms with Crippen molar-refractivity contribution in [2.24, 2.45) is 0 Å². The number of aryl methyl sites for hydroxylation is 1. The Hall–Kier alpha value is -2.02. The van der Waals surface area contributed by atoms with Crippen molar-refractivity contribution in [3.8, 4) is 0 Å². The average Bonchev–Trinajstić information content (AvgIpc) is 3.06. The molecular weight excluding hydrogens is 298 g/mol. The van der Waals surface area contributed by atoms with Crippen molar-refractivity contribution in [1.29, 1.82) is 0 Å². The third-order valence-electron chi connectivity index (χ3n) is 3.46. The van der Waals surface area contributed by atoms with Gasteiger partial charge in [-0.2, -0.15) is 0 Å². The molecule has 0 radical (unpaired) electrons. The van der Waals surface area contributed by atoms with Gasteiger partial charge in [0.25, 0.3) is 0 Å². The van der Waals surface area contributed by atoms with Gasteiger partial charge in [0.1, 0.15) is 5.65 Å². The second kappa shape index (κ2) is 6.39. The van der Waals surface area contributed by atoms with Crippen LogP contribution in [0.5, 0.6) is 0 Å². The Morgan fingerprint density at radius 2 is 2.18 bits per heavy atom. The summed E-state index contributed by atoms with van der Waals surface area (Å²) in [7, 11) is 0.